The molecule has 2 aromatic heterocycles. The maximum Gasteiger partial charge on any atom is 0.169 e. The summed E-state index contributed by atoms with van der Waals surface area (Å²) < 4.78 is 7.29. The molecule has 0 saturated heterocycles. The number of nitrogen functional groups attached to an aromatic ring is 1. The fraction of sp³-hybridized carbons (Fsp3) is 0.455. The summed E-state index contributed by atoms with van der Waals surface area (Å²) >= 11 is 0. The number of aryl methyl sites for hydroxylation is 1. The lowest BCUT2D eigenvalue weighted by Gasteiger charge is -2.07. The summed E-state index contributed by atoms with van der Waals surface area (Å²) in [5, 5.41) is 7.91. The summed E-state index contributed by atoms with van der Waals surface area (Å²) in [6.45, 7) is 6.63. The zero-order valence-corrected chi connectivity index (χ0v) is 9.77. The van der Waals surface area contributed by atoms with Crippen LogP contribution in [0.25, 0.3) is 0 Å². The molecule has 0 unspecified atom stereocenters. The standard InChI is InChI=1S/C11H16N4O/c1-7(2)10-11(12)13-14-15(10)6-9-5-4-8(3)16-9/h4-5,7H,6,12H2,1-3H3. The van der Waals surface area contributed by atoms with Crippen LogP contribution < -0.4 is 5.73 Å². The Morgan fingerprint density at radius 1 is 1.44 bits per heavy atom. The highest BCUT2D eigenvalue weighted by Gasteiger charge is 2.14. The second kappa shape index (κ2) is 4.00. The largest absolute Gasteiger partial charge is 0.464 e. The van der Waals surface area contributed by atoms with Gasteiger partial charge in [0.05, 0.1) is 5.69 Å². The van der Waals surface area contributed by atoms with Gasteiger partial charge in [-0.1, -0.05) is 19.1 Å². The summed E-state index contributed by atoms with van der Waals surface area (Å²) in [4.78, 5) is 0. The van der Waals surface area contributed by atoms with Gasteiger partial charge in [0.15, 0.2) is 5.82 Å². The van der Waals surface area contributed by atoms with Gasteiger partial charge in [-0.15, -0.1) is 5.10 Å². The van der Waals surface area contributed by atoms with E-state index < -0.39 is 0 Å². The molecule has 0 fully saturated rings. The van der Waals surface area contributed by atoms with E-state index in [2.05, 4.69) is 24.2 Å². The quantitative estimate of drug-likeness (QED) is 0.858. The van der Waals surface area contributed by atoms with Gasteiger partial charge in [-0.25, -0.2) is 4.68 Å². The Labute approximate surface area is 94.2 Å². The molecular weight excluding hydrogens is 204 g/mol. The molecule has 0 saturated carbocycles. The second-order valence-corrected chi connectivity index (χ2v) is 4.18. The van der Waals surface area contributed by atoms with E-state index in [1.807, 2.05) is 19.1 Å². The van der Waals surface area contributed by atoms with Crippen molar-refractivity contribution in [2.75, 3.05) is 5.73 Å². The minimum atomic E-state index is 0.297. The van der Waals surface area contributed by atoms with Crippen molar-refractivity contribution in [2.45, 2.75) is 33.2 Å². The molecule has 2 rings (SSSR count). The van der Waals surface area contributed by atoms with Crippen LogP contribution in [0.1, 0.15) is 37.0 Å². The third kappa shape index (κ3) is 1.93. The Balaban J connectivity index is 2.28. The molecule has 0 spiro atoms. The number of nitrogens with zero attached hydrogens (tertiary/aromatic N) is 3. The van der Waals surface area contributed by atoms with Crippen LogP contribution >= 0.6 is 0 Å². The first-order valence-electron chi connectivity index (χ1n) is 5.32. The highest BCUT2D eigenvalue weighted by atomic mass is 16.3. The van der Waals surface area contributed by atoms with Gasteiger partial charge in [-0.3, -0.25) is 0 Å². The molecule has 0 bridgehead atoms. The molecule has 2 aromatic rings. The number of hydrogen-bond donors (Lipinski definition) is 1. The van der Waals surface area contributed by atoms with Crippen molar-refractivity contribution >= 4 is 5.82 Å². The van der Waals surface area contributed by atoms with E-state index in [4.69, 9.17) is 10.2 Å². The van der Waals surface area contributed by atoms with Crippen LogP contribution in [0.3, 0.4) is 0 Å². The van der Waals surface area contributed by atoms with Gasteiger partial charge >= 0.3 is 0 Å². The fourth-order valence-corrected chi connectivity index (χ4v) is 1.76. The van der Waals surface area contributed by atoms with E-state index in [-0.39, 0.29) is 0 Å². The lowest BCUT2D eigenvalue weighted by molar-refractivity contribution is 0.448. The molecule has 0 amide bonds. The summed E-state index contributed by atoms with van der Waals surface area (Å²) in [7, 11) is 0. The highest BCUT2D eigenvalue weighted by Crippen LogP contribution is 2.20. The maximum atomic E-state index is 5.78. The Hall–Kier alpha value is -1.78. The van der Waals surface area contributed by atoms with Gasteiger partial charge in [0.25, 0.3) is 0 Å². The number of anilines is 1. The zero-order chi connectivity index (χ0) is 11.7. The third-order valence-electron chi connectivity index (χ3n) is 2.45. The van der Waals surface area contributed by atoms with Crippen LogP contribution in [-0.4, -0.2) is 15.0 Å². The first kappa shape index (κ1) is 10.7. The van der Waals surface area contributed by atoms with Crippen LogP contribution in [0.15, 0.2) is 16.5 Å². The maximum absolute atomic E-state index is 5.78. The summed E-state index contributed by atoms with van der Waals surface area (Å²) in [5.74, 6) is 2.56. The predicted molar refractivity (Wildman–Crippen MR) is 61.1 cm³/mol. The Morgan fingerprint density at radius 2 is 2.19 bits per heavy atom. The molecule has 0 aliphatic carbocycles. The first-order chi connectivity index (χ1) is 7.58. The number of hydrogen-bond acceptors (Lipinski definition) is 4. The lowest BCUT2D eigenvalue weighted by atomic mass is 10.1. The Kier molecular flexibility index (Phi) is 2.68. The molecule has 0 atom stereocenters. The van der Waals surface area contributed by atoms with Gasteiger partial charge in [-0.2, -0.15) is 0 Å². The van der Waals surface area contributed by atoms with Gasteiger partial charge in [0.1, 0.15) is 18.1 Å². The minimum Gasteiger partial charge on any atom is -0.464 e. The molecular formula is C11H16N4O. The van der Waals surface area contributed by atoms with Crippen LogP contribution in [0, 0.1) is 6.92 Å². The Morgan fingerprint density at radius 3 is 2.75 bits per heavy atom. The third-order valence-corrected chi connectivity index (χ3v) is 2.45. The van der Waals surface area contributed by atoms with E-state index in [0.717, 1.165) is 17.2 Å². The van der Waals surface area contributed by atoms with Crippen LogP contribution in [-0.2, 0) is 6.54 Å². The molecule has 2 heterocycles. The molecule has 0 aliphatic heterocycles. The predicted octanol–water partition coefficient (Wildman–Crippen LogP) is 1.93. The monoisotopic (exact) mass is 220 g/mol. The van der Waals surface area contributed by atoms with E-state index >= 15 is 0 Å². The number of furan rings is 1. The summed E-state index contributed by atoms with van der Waals surface area (Å²) in [5.41, 5.74) is 6.73. The van der Waals surface area contributed by atoms with E-state index in [9.17, 15) is 0 Å². The van der Waals surface area contributed by atoms with E-state index in [0.29, 0.717) is 18.3 Å². The van der Waals surface area contributed by atoms with Crippen LogP contribution in [0.5, 0.6) is 0 Å². The lowest BCUT2D eigenvalue weighted by Crippen LogP contribution is -2.08. The van der Waals surface area contributed by atoms with Gasteiger partial charge in [0.2, 0.25) is 0 Å². The smallest absolute Gasteiger partial charge is 0.169 e. The Bertz CT molecular complexity index is 484. The van der Waals surface area contributed by atoms with Crippen molar-refractivity contribution in [3.8, 4) is 0 Å². The summed E-state index contributed by atoms with van der Waals surface area (Å²) in [6, 6.07) is 3.88. The van der Waals surface area contributed by atoms with Crippen molar-refractivity contribution in [3.63, 3.8) is 0 Å². The van der Waals surface area contributed by atoms with Crippen LogP contribution in [0.4, 0.5) is 5.82 Å². The van der Waals surface area contributed by atoms with Gasteiger partial charge < -0.3 is 10.2 Å². The molecule has 16 heavy (non-hydrogen) atoms. The number of aromatic nitrogens is 3. The highest BCUT2D eigenvalue weighted by molar-refractivity contribution is 5.35. The van der Waals surface area contributed by atoms with Crippen molar-refractivity contribution in [1.82, 2.24) is 15.0 Å². The molecule has 0 aliphatic rings. The molecule has 5 heteroatoms. The molecule has 86 valence electrons. The van der Waals surface area contributed by atoms with E-state index in [1.165, 1.54) is 0 Å². The first-order valence-corrected chi connectivity index (χ1v) is 5.32. The number of nitrogens with two attached hydrogens (primary N) is 1. The molecule has 0 radical (unpaired) electrons. The fourth-order valence-electron chi connectivity index (χ4n) is 1.76. The van der Waals surface area contributed by atoms with Crippen LogP contribution in [0.2, 0.25) is 0 Å². The second-order valence-electron chi connectivity index (χ2n) is 4.18. The normalized spacial score (nSPS) is 11.2. The van der Waals surface area contributed by atoms with Gasteiger partial charge in [-0.05, 0) is 25.0 Å². The van der Waals surface area contributed by atoms with Crippen molar-refractivity contribution in [3.05, 3.63) is 29.3 Å². The van der Waals surface area contributed by atoms with Crippen molar-refractivity contribution in [2.24, 2.45) is 0 Å². The van der Waals surface area contributed by atoms with Crippen molar-refractivity contribution in [1.29, 1.82) is 0 Å². The van der Waals surface area contributed by atoms with Crippen molar-refractivity contribution < 1.29 is 4.42 Å². The molecule has 0 aromatic carbocycles. The topological polar surface area (TPSA) is 69.9 Å². The van der Waals surface area contributed by atoms with Gasteiger partial charge in [0, 0.05) is 0 Å². The molecule has 2 N–H and O–H groups in total. The SMILES string of the molecule is Cc1ccc(Cn2nnc(N)c2C(C)C)o1. The average Bonchev–Trinajstić information content (AvgIpc) is 2.74. The summed E-state index contributed by atoms with van der Waals surface area (Å²) in [6.07, 6.45) is 0. The average molecular weight is 220 g/mol. The number of rotatable bonds is 3. The zero-order valence-electron chi connectivity index (χ0n) is 9.77. The molecule has 5 nitrogen and oxygen atoms in total. The van der Waals surface area contributed by atoms with E-state index in [1.54, 1.807) is 4.68 Å². The minimum absolute atomic E-state index is 0.297.